The van der Waals surface area contributed by atoms with Crippen molar-refractivity contribution in [2.24, 2.45) is 17.8 Å². The Labute approximate surface area is 175 Å². The zero-order chi connectivity index (χ0) is 20.8. The number of nitrogens with zero attached hydrogens (tertiary/aromatic N) is 3. The van der Waals surface area contributed by atoms with Crippen LogP contribution in [0.3, 0.4) is 0 Å². The van der Waals surface area contributed by atoms with Crippen LogP contribution in [0.4, 0.5) is 4.39 Å². The molecule has 3 rings (SSSR count). The molecule has 0 bridgehead atoms. The van der Waals surface area contributed by atoms with E-state index in [2.05, 4.69) is 15.3 Å². The fourth-order valence-corrected chi connectivity index (χ4v) is 4.44. The molecule has 1 aromatic heterocycles. The van der Waals surface area contributed by atoms with Crippen molar-refractivity contribution in [3.05, 3.63) is 22.5 Å². The van der Waals surface area contributed by atoms with Gasteiger partial charge in [0.15, 0.2) is 5.82 Å². The molecular weight excluding hydrogens is 399 g/mol. The molecule has 2 amide bonds. The van der Waals surface area contributed by atoms with Crippen LogP contribution in [0.15, 0.2) is 0 Å². The van der Waals surface area contributed by atoms with Crippen LogP contribution in [0.5, 0.6) is 0 Å². The molecule has 0 aromatic carbocycles. The van der Waals surface area contributed by atoms with Crippen LogP contribution >= 0.6 is 11.6 Å². The van der Waals surface area contributed by atoms with E-state index in [-0.39, 0.29) is 36.4 Å². The number of carbonyl (C=O) groups excluding carboxylic acids is 2. The number of nitrogens with one attached hydrogen (secondary N) is 1. The molecule has 0 spiro atoms. The van der Waals surface area contributed by atoms with E-state index in [1.54, 1.807) is 0 Å². The number of halogens is 2. The molecule has 0 radical (unpaired) electrons. The monoisotopic (exact) mass is 426 g/mol. The molecule has 2 saturated carbocycles. The van der Waals surface area contributed by atoms with E-state index in [0.717, 1.165) is 44.9 Å². The standard InChI is InChI=1S/C20H28ClFN4O3/c21-20-24-16(9-14-6-3-7-14)18(22)17(25-20)10-23-19(28)15(11-26(29)12-27)8-13-4-1-2-5-13/h12-15,29H,1-11H2,(H,23,28)/t15-/m1/s1. The molecule has 2 fully saturated rings. The maximum absolute atomic E-state index is 14.8. The third kappa shape index (κ3) is 6.09. The number of amides is 2. The lowest BCUT2D eigenvalue weighted by molar-refractivity contribution is -0.155. The van der Waals surface area contributed by atoms with Crippen LogP contribution in [-0.2, 0) is 22.6 Å². The van der Waals surface area contributed by atoms with Gasteiger partial charge in [0.1, 0.15) is 5.69 Å². The highest BCUT2D eigenvalue weighted by Crippen LogP contribution is 2.31. The van der Waals surface area contributed by atoms with Crippen molar-refractivity contribution in [3.8, 4) is 0 Å². The van der Waals surface area contributed by atoms with Crippen LogP contribution in [0.2, 0.25) is 5.28 Å². The van der Waals surface area contributed by atoms with Crippen molar-refractivity contribution in [2.75, 3.05) is 6.54 Å². The second kappa shape index (κ2) is 10.3. The predicted molar refractivity (Wildman–Crippen MR) is 105 cm³/mol. The summed E-state index contributed by atoms with van der Waals surface area (Å²) in [7, 11) is 0. The maximum Gasteiger partial charge on any atom is 0.233 e. The third-order valence-electron chi connectivity index (χ3n) is 6.09. The third-order valence-corrected chi connectivity index (χ3v) is 6.26. The van der Waals surface area contributed by atoms with Gasteiger partial charge < -0.3 is 5.32 Å². The molecule has 2 N–H and O–H groups in total. The Hall–Kier alpha value is -1.80. The summed E-state index contributed by atoms with van der Waals surface area (Å²) in [6.45, 7) is -0.204. The highest BCUT2D eigenvalue weighted by atomic mass is 35.5. The molecule has 2 aliphatic rings. The Morgan fingerprint density at radius 2 is 1.86 bits per heavy atom. The lowest BCUT2D eigenvalue weighted by Crippen LogP contribution is -2.38. The summed E-state index contributed by atoms with van der Waals surface area (Å²) in [6.07, 6.45) is 9.00. The Kier molecular flexibility index (Phi) is 7.77. The highest BCUT2D eigenvalue weighted by Gasteiger charge is 2.27. The van der Waals surface area contributed by atoms with Crippen molar-refractivity contribution in [1.82, 2.24) is 20.3 Å². The molecular formula is C20H28ClFN4O3. The summed E-state index contributed by atoms with van der Waals surface area (Å²) in [6, 6.07) is 0. The summed E-state index contributed by atoms with van der Waals surface area (Å²) < 4.78 is 14.8. The van der Waals surface area contributed by atoms with Gasteiger partial charge in [-0.05, 0) is 36.3 Å². The van der Waals surface area contributed by atoms with Gasteiger partial charge in [-0.25, -0.2) is 19.4 Å². The second-order valence-corrected chi connectivity index (χ2v) is 8.57. The Balaban J connectivity index is 1.63. The van der Waals surface area contributed by atoms with Gasteiger partial charge in [0.05, 0.1) is 24.7 Å². The van der Waals surface area contributed by atoms with Crippen LogP contribution in [-0.4, -0.2) is 39.1 Å². The number of hydroxylamine groups is 2. The first-order chi connectivity index (χ1) is 14.0. The number of hydrogen-bond donors (Lipinski definition) is 2. The number of aromatic nitrogens is 2. The van der Waals surface area contributed by atoms with Gasteiger partial charge in [-0.1, -0.05) is 44.9 Å². The second-order valence-electron chi connectivity index (χ2n) is 8.23. The Morgan fingerprint density at radius 3 is 2.48 bits per heavy atom. The van der Waals surface area contributed by atoms with E-state index in [1.807, 2.05) is 0 Å². The molecule has 0 unspecified atom stereocenters. The molecule has 0 saturated heterocycles. The zero-order valence-corrected chi connectivity index (χ0v) is 17.2. The van der Waals surface area contributed by atoms with Crippen molar-refractivity contribution in [3.63, 3.8) is 0 Å². The van der Waals surface area contributed by atoms with E-state index in [9.17, 15) is 19.2 Å². The van der Waals surface area contributed by atoms with E-state index in [4.69, 9.17) is 11.6 Å². The lowest BCUT2D eigenvalue weighted by atomic mass is 9.82. The minimum Gasteiger partial charge on any atom is -0.350 e. The largest absolute Gasteiger partial charge is 0.350 e. The van der Waals surface area contributed by atoms with Crippen LogP contribution < -0.4 is 5.32 Å². The highest BCUT2D eigenvalue weighted by molar-refractivity contribution is 6.28. The van der Waals surface area contributed by atoms with Crippen LogP contribution in [0.25, 0.3) is 0 Å². The molecule has 1 aromatic rings. The average Bonchev–Trinajstić information content (AvgIpc) is 3.17. The average molecular weight is 427 g/mol. The first-order valence-electron chi connectivity index (χ1n) is 10.4. The fourth-order valence-electron chi connectivity index (χ4n) is 4.23. The number of carbonyl (C=O) groups is 2. The van der Waals surface area contributed by atoms with Crippen LogP contribution in [0, 0.1) is 23.6 Å². The van der Waals surface area contributed by atoms with E-state index < -0.39 is 11.7 Å². The van der Waals surface area contributed by atoms with Gasteiger partial charge in [-0.15, -0.1) is 0 Å². The molecule has 1 heterocycles. The molecule has 2 aliphatic carbocycles. The Bertz CT molecular complexity index is 726. The molecule has 7 nitrogen and oxygen atoms in total. The van der Waals surface area contributed by atoms with E-state index in [0.29, 0.717) is 35.4 Å². The van der Waals surface area contributed by atoms with Crippen LogP contribution in [0.1, 0.15) is 62.8 Å². The number of hydrogen-bond acceptors (Lipinski definition) is 5. The minimum absolute atomic E-state index is 0.0324. The fraction of sp³-hybridized carbons (Fsp3) is 0.700. The number of rotatable bonds is 10. The van der Waals surface area contributed by atoms with E-state index >= 15 is 0 Å². The van der Waals surface area contributed by atoms with Gasteiger partial charge >= 0.3 is 0 Å². The molecule has 160 valence electrons. The predicted octanol–water partition coefficient (Wildman–Crippen LogP) is 3.27. The molecule has 0 aliphatic heterocycles. The van der Waals surface area contributed by atoms with Gasteiger partial charge in [0, 0.05) is 0 Å². The summed E-state index contributed by atoms with van der Waals surface area (Å²) in [5, 5.41) is 12.7. The minimum atomic E-state index is -0.567. The van der Waals surface area contributed by atoms with Gasteiger partial charge in [0.25, 0.3) is 0 Å². The summed E-state index contributed by atoms with van der Waals surface area (Å²) in [5.41, 5.74) is 0.354. The lowest BCUT2D eigenvalue weighted by Gasteiger charge is -2.25. The first kappa shape index (κ1) is 21.9. The Morgan fingerprint density at radius 1 is 1.21 bits per heavy atom. The van der Waals surface area contributed by atoms with Crippen molar-refractivity contribution in [2.45, 2.75) is 64.3 Å². The first-order valence-corrected chi connectivity index (χ1v) is 10.7. The molecule has 9 heteroatoms. The van der Waals surface area contributed by atoms with E-state index in [1.165, 1.54) is 0 Å². The SMILES string of the molecule is O=CN(O)C[C@@H](CC1CCCC1)C(=O)NCc1nc(Cl)nc(CC2CCC2)c1F. The van der Waals surface area contributed by atoms with Crippen molar-refractivity contribution in [1.29, 1.82) is 0 Å². The topological polar surface area (TPSA) is 95.4 Å². The zero-order valence-electron chi connectivity index (χ0n) is 16.4. The summed E-state index contributed by atoms with van der Waals surface area (Å²) in [5.74, 6) is -0.612. The summed E-state index contributed by atoms with van der Waals surface area (Å²) in [4.78, 5) is 31.5. The van der Waals surface area contributed by atoms with Crippen molar-refractivity contribution < 1.29 is 19.2 Å². The smallest absolute Gasteiger partial charge is 0.233 e. The van der Waals surface area contributed by atoms with Gasteiger partial charge in [-0.2, -0.15) is 0 Å². The molecule has 1 atom stereocenters. The van der Waals surface area contributed by atoms with Gasteiger partial charge in [0.2, 0.25) is 17.6 Å². The molecule has 29 heavy (non-hydrogen) atoms. The summed E-state index contributed by atoms with van der Waals surface area (Å²) >= 11 is 5.97. The van der Waals surface area contributed by atoms with Gasteiger partial charge in [-0.3, -0.25) is 14.8 Å². The quantitative estimate of drug-likeness (QED) is 0.259. The normalized spacial score (nSPS) is 18.3. The van der Waals surface area contributed by atoms with Crippen molar-refractivity contribution >= 4 is 23.9 Å². The maximum atomic E-state index is 14.8.